The largest absolute Gasteiger partial charge is 0.496 e. The Morgan fingerprint density at radius 3 is 2.43 bits per heavy atom. The fourth-order valence-electron chi connectivity index (χ4n) is 3.92. The normalized spacial score (nSPS) is 20.4. The van der Waals surface area contributed by atoms with Crippen LogP contribution in [0.15, 0.2) is 18.2 Å². The standard InChI is InChI=1S/C17H25ClN2O.2ClH/c1-21-16-7-6-14(18)12-15(16)17(13-4-2-3-5-13)20-10-8-19-9-11-20;;/h6-7,12-13,17,19H,2-5,8-11H2,1H3;2*1H/t17-;;/m1../s1. The molecule has 2 fully saturated rings. The Bertz CT molecular complexity index is 475. The van der Waals surface area contributed by atoms with Crippen LogP contribution in [0, 0.1) is 5.92 Å². The maximum atomic E-state index is 6.28. The van der Waals surface area contributed by atoms with E-state index in [0.29, 0.717) is 6.04 Å². The van der Waals surface area contributed by atoms with Gasteiger partial charge in [0.25, 0.3) is 0 Å². The fraction of sp³-hybridized carbons (Fsp3) is 0.647. The van der Waals surface area contributed by atoms with Gasteiger partial charge in [-0.3, -0.25) is 4.90 Å². The van der Waals surface area contributed by atoms with Crippen LogP contribution in [0.3, 0.4) is 0 Å². The van der Waals surface area contributed by atoms with Gasteiger partial charge in [-0.05, 0) is 37.0 Å². The highest BCUT2D eigenvalue weighted by atomic mass is 35.5. The van der Waals surface area contributed by atoms with Gasteiger partial charge in [-0.1, -0.05) is 24.4 Å². The topological polar surface area (TPSA) is 24.5 Å². The van der Waals surface area contributed by atoms with Crippen molar-refractivity contribution in [2.24, 2.45) is 5.92 Å². The third-order valence-electron chi connectivity index (χ3n) is 4.90. The summed E-state index contributed by atoms with van der Waals surface area (Å²) in [6.45, 7) is 4.37. The molecular formula is C17H27Cl3N2O. The van der Waals surface area contributed by atoms with Crippen LogP contribution < -0.4 is 10.1 Å². The number of benzene rings is 1. The summed E-state index contributed by atoms with van der Waals surface area (Å²) in [5.74, 6) is 1.71. The number of ether oxygens (including phenoxy) is 1. The molecule has 0 amide bonds. The summed E-state index contributed by atoms with van der Waals surface area (Å²) >= 11 is 6.28. The van der Waals surface area contributed by atoms with Crippen molar-refractivity contribution >= 4 is 36.4 Å². The number of methoxy groups -OCH3 is 1. The average Bonchev–Trinajstić information content (AvgIpc) is 3.03. The molecule has 1 aliphatic carbocycles. The quantitative estimate of drug-likeness (QED) is 0.840. The molecule has 23 heavy (non-hydrogen) atoms. The zero-order chi connectivity index (χ0) is 14.7. The van der Waals surface area contributed by atoms with Crippen LogP contribution in [0.2, 0.25) is 5.02 Å². The minimum absolute atomic E-state index is 0. The van der Waals surface area contributed by atoms with Gasteiger partial charge in [-0.2, -0.15) is 0 Å². The monoisotopic (exact) mass is 380 g/mol. The van der Waals surface area contributed by atoms with Gasteiger partial charge in [0.1, 0.15) is 5.75 Å². The lowest BCUT2D eigenvalue weighted by Crippen LogP contribution is -2.46. The number of hydrogen-bond acceptors (Lipinski definition) is 3. The van der Waals surface area contributed by atoms with Crippen LogP contribution in [0.5, 0.6) is 5.75 Å². The Balaban J connectivity index is 0.00000132. The molecule has 1 atom stereocenters. The number of rotatable bonds is 4. The van der Waals surface area contributed by atoms with Crippen molar-refractivity contribution in [2.45, 2.75) is 31.7 Å². The van der Waals surface area contributed by atoms with E-state index in [1.54, 1.807) is 7.11 Å². The molecule has 0 radical (unpaired) electrons. The predicted molar refractivity (Wildman–Crippen MR) is 102 cm³/mol. The van der Waals surface area contributed by atoms with Crippen molar-refractivity contribution in [1.82, 2.24) is 10.2 Å². The molecule has 132 valence electrons. The van der Waals surface area contributed by atoms with Crippen LogP contribution in [-0.4, -0.2) is 38.2 Å². The van der Waals surface area contributed by atoms with Crippen LogP contribution in [-0.2, 0) is 0 Å². The molecule has 3 rings (SSSR count). The Morgan fingerprint density at radius 2 is 1.83 bits per heavy atom. The van der Waals surface area contributed by atoms with Crippen LogP contribution in [0.25, 0.3) is 0 Å². The molecule has 6 heteroatoms. The van der Waals surface area contributed by atoms with Gasteiger partial charge in [-0.15, -0.1) is 24.8 Å². The Morgan fingerprint density at radius 1 is 1.17 bits per heavy atom. The number of piperazine rings is 1. The summed E-state index contributed by atoms with van der Waals surface area (Å²) in [6, 6.07) is 6.50. The van der Waals surface area contributed by atoms with Crippen LogP contribution in [0.4, 0.5) is 0 Å². The lowest BCUT2D eigenvalue weighted by atomic mass is 9.89. The molecule has 1 N–H and O–H groups in total. The van der Waals surface area contributed by atoms with Crippen molar-refractivity contribution in [3.8, 4) is 5.75 Å². The van der Waals surface area contributed by atoms with Crippen molar-refractivity contribution in [1.29, 1.82) is 0 Å². The first-order valence-corrected chi connectivity index (χ1v) is 8.45. The van der Waals surface area contributed by atoms with E-state index in [2.05, 4.69) is 16.3 Å². The fourth-order valence-corrected chi connectivity index (χ4v) is 4.10. The van der Waals surface area contributed by atoms with E-state index in [1.807, 2.05) is 12.1 Å². The maximum Gasteiger partial charge on any atom is 0.123 e. The van der Waals surface area contributed by atoms with Gasteiger partial charge in [0.15, 0.2) is 0 Å². The SMILES string of the molecule is COc1ccc(Cl)cc1[C@@H](C1CCCC1)N1CCNCC1.Cl.Cl. The van der Waals surface area contributed by atoms with Gasteiger partial charge in [0.05, 0.1) is 7.11 Å². The van der Waals surface area contributed by atoms with Crippen molar-refractivity contribution in [3.63, 3.8) is 0 Å². The Labute approximate surface area is 156 Å². The van der Waals surface area contributed by atoms with Crippen LogP contribution >= 0.6 is 36.4 Å². The van der Waals surface area contributed by atoms with Crippen molar-refractivity contribution in [3.05, 3.63) is 28.8 Å². The van der Waals surface area contributed by atoms with Gasteiger partial charge in [0.2, 0.25) is 0 Å². The van der Waals surface area contributed by atoms with E-state index in [-0.39, 0.29) is 24.8 Å². The molecule has 2 aliphatic rings. The maximum absolute atomic E-state index is 6.28. The smallest absolute Gasteiger partial charge is 0.123 e. The second kappa shape index (κ2) is 9.95. The highest BCUT2D eigenvalue weighted by Crippen LogP contribution is 2.43. The van der Waals surface area contributed by atoms with Gasteiger partial charge in [-0.25, -0.2) is 0 Å². The second-order valence-corrected chi connectivity index (χ2v) is 6.60. The highest BCUT2D eigenvalue weighted by molar-refractivity contribution is 6.30. The first kappa shape index (κ1) is 20.9. The van der Waals surface area contributed by atoms with E-state index in [9.17, 15) is 0 Å². The second-order valence-electron chi connectivity index (χ2n) is 6.16. The molecule has 1 aromatic carbocycles. The summed E-state index contributed by atoms with van der Waals surface area (Å²) in [7, 11) is 1.76. The molecule has 0 unspecified atom stereocenters. The Hall–Kier alpha value is -0.190. The zero-order valence-corrected chi connectivity index (χ0v) is 16.0. The Kier molecular flexibility index (Phi) is 9.02. The van der Waals surface area contributed by atoms with E-state index >= 15 is 0 Å². The summed E-state index contributed by atoms with van der Waals surface area (Å²) in [5.41, 5.74) is 1.28. The third-order valence-corrected chi connectivity index (χ3v) is 5.14. The molecule has 0 spiro atoms. The summed E-state index contributed by atoms with van der Waals surface area (Å²) < 4.78 is 5.63. The van der Waals surface area contributed by atoms with Crippen molar-refractivity contribution in [2.75, 3.05) is 33.3 Å². The number of nitrogens with zero attached hydrogens (tertiary/aromatic N) is 1. The molecule has 0 bridgehead atoms. The third kappa shape index (κ3) is 4.90. The van der Waals surface area contributed by atoms with E-state index < -0.39 is 0 Å². The number of halogens is 3. The lowest BCUT2D eigenvalue weighted by Gasteiger charge is -2.39. The number of nitrogens with one attached hydrogen (secondary N) is 1. The highest BCUT2D eigenvalue weighted by Gasteiger charge is 2.33. The summed E-state index contributed by atoms with van der Waals surface area (Å²) in [4.78, 5) is 2.63. The summed E-state index contributed by atoms with van der Waals surface area (Å²) in [6.07, 6.45) is 5.36. The first-order valence-electron chi connectivity index (χ1n) is 8.08. The minimum Gasteiger partial charge on any atom is -0.496 e. The van der Waals surface area contributed by atoms with Gasteiger partial charge >= 0.3 is 0 Å². The molecular weight excluding hydrogens is 355 g/mol. The molecule has 0 aromatic heterocycles. The lowest BCUT2D eigenvalue weighted by molar-refractivity contribution is 0.123. The first-order chi connectivity index (χ1) is 10.3. The molecule has 3 nitrogen and oxygen atoms in total. The van der Waals surface area contributed by atoms with E-state index in [0.717, 1.165) is 42.9 Å². The average molecular weight is 382 g/mol. The molecule has 1 saturated heterocycles. The van der Waals surface area contributed by atoms with Crippen molar-refractivity contribution < 1.29 is 4.74 Å². The van der Waals surface area contributed by atoms with Gasteiger partial charge in [0, 0.05) is 42.8 Å². The molecule has 1 aromatic rings. The predicted octanol–water partition coefficient (Wildman–Crippen LogP) is 4.33. The summed E-state index contributed by atoms with van der Waals surface area (Å²) in [5, 5.41) is 4.26. The van der Waals surface area contributed by atoms with E-state index in [1.165, 1.54) is 31.2 Å². The van der Waals surface area contributed by atoms with Crippen LogP contribution in [0.1, 0.15) is 37.3 Å². The molecule has 1 heterocycles. The van der Waals surface area contributed by atoms with E-state index in [4.69, 9.17) is 16.3 Å². The molecule has 1 aliphatic heterocycles. The van der Waals surface area contributed by atoms with Gasteiger partial charge < -0.3 is 10.1 Å². The molecule has 1 saturated carbocycles. The number of hydrogen-bond donors (Lipinski definition) is 1. The zero-order valence-electron chi connectivity index (χ0n) is 13.6. The minimum atomic E-state index is 0.